The summed E-state index contributed by atoms with van der Waals surface area (Å²) in [5, 5.41) is 9.66. The lowest BCUT2D eigenvalue weighted by atomic mass is 10.1. The molecule has 1 N–H and O–H groups in total. The van der Waals surface area contributed by atoms with Crippen LogP contribution in [0.5, 0.6) is 5.75 Å². The van der Waals surface area contributed by atoms with Crippen LogP contribution >= 0.6 is 0 Å². The molecule has 0 aliphatic heterocycles. The molecule has 30 heavy (non-hydrogen) atoms. The summed E-state index contributed by atoms with van der Waals surface area (Å²) >= 11 is 0. The first-order chi connectivity index (χ1) is 14.5. The third kappa shape index (κ3) is 4.26. The Kier molecular flexibility index (Phi) is 5.36. The van der Waals surface area contributed by atoms with Crippen LogP contribution in [0.15, 0.2) is 60.7 Å². The van der Waals surface area contributed by atoms with Gasteiger partial charge in [-0.15, -0.1) is 0 Å². The number of rotatable bonds is 5. The molecular formula is C26H23N3O. The summed E-state index contributed by atoms with van der Waals surface area (Å²) < 4.78 is 5.88. The van der Waals surface area contributed by atoms with Crippen LogP contribution in [-0.2, 0) is 6.61 Å². The topological polar surface area (TPSA) is 61.7 Å². The van der Waals surface area contributed by atoms with Crippen molar-refractivity contribution < 1.29 is 4.74 Å². The molecule has 1 heterocycles. The monoisotopic (exact) mass is 393 g/mol. The molecule has 4 aromatic rings. The van der Waals surface area contributed by atoms with Gasteiger partial charge in [-0.3, -0.25) is 0 Å². The first-order valence-electron chi connectivity index (χ1n) is 9.89. The lowest BCUT2D eigenvalue weighted by Crippen LogP contribution is -1.95. The van der Waals surface area contributed by atoms with Crippen LogP contribution in [0.2, 0.25) is 0 Å². The van der Waals surface area contributed by atoms with E-state index in [1.54, 1.807) is 0 Å². The van der Waals surface area contributed by atoms with Crippen LogP contribution in [0.25, 0.3) is 22.7 Å². The number of aromatic amines is 1. The highest BCUT2D eigenvalue weighted by molar-refractivity contribution is 5.90. The lowest BCUT2D eigenvalue weighted by molar-refractivity contribution is 0.306. The molecular weight excluding hydrogens is 370 g/mol. The van der Waals surface area contributed by atoms with Crippen molar-refractivity contribution in [2.75, 3.05) is 0 Å². The van der Waals surface area contributed by atoms with E-state index in [9.17, 15) is 5.26 Å². The van der Waals surface area contributed by atoms with Crippen LogP contribution < -0.4 is 4.74 Å². The number of H-pyrrole nitrogens is 1. The third-order valence-electron chi connectivity index (χ3n) is 5.15. The number of nitrogens with one attached hydrogen (secondary N) is 1. The van der Waals surface area contributed by atoms with E-state index < -0.39 is 0 Å². The smallest absolute Gasteiger partial charge is 0.149 e. The molecule has 0 atom stereocenters. The second-order valence-electron chi connectivity index (χ2n) is 7.56. The second kappa shape index (κ2) is 8.26. The zero-order chi connectivity index (χ0) is 21.1. The van der Waals surface area contributed by atoms with Crippen molar-refractivity contribution in [3.8, 4) is 11.8 Å². The van der Waals surface area contributed by atoms with Gasteiger partial charge in [-0.25, -0.2) is 4.98 Å². The minimum absolute atomic E-state index is 0.495. The Balaban J connectivity index is 1.52. The molecule has 0 amide bonds. The fraction of sp³-hybridized carbons (Fsp3) is 0.154. The predicted octanol–water partition coefficient (Wildman–Crippen LogP) is 6.13. The van der Waals surface area contributed by atoms with Gasteiger partial charge < -0.3 is 9.72 Å². The number of hydrogen-bond acceptors (Lipinski definition) is 3. The molecule has 0 saturated carbocycles. The summed E-state index contributed by atoms with van der Waals surface area (Å²) in [6, 6.07) is 22.4. The van der Waals surface area contributed by atoms with E-state index in [0.29, 0.717) is 18.0 Å². The maximum atomic E-state index is 9.66. The fourth-order valence-corrected chi connectivity index (χ4v) is 3.35. The minimum atomic E-state index is 0.495. The first-order valence-corrected chi connectivity index (χ1v) is 9.89. The molecule has 1 aromatic heterocycles. The van der Waals surface area contributed by atoms with Gasteiger partial charge in [0.2, 0.25) is 0 Å². The summed E-state index contributed by atoms with van der Waals surface area (Å²) in [5.74, 6) is 1.37. The zero-order valence-corrected chi connectivity index (χ0v) is 17.4. The number of imidazole rings is 1. The Hall–Kier alpha value is -3.84. The third-order valence-corrected chi connectivity index (χ3v) is 5.15. The number of benzene rings is 3. The van der Waals surface area contributed by atoms with Gasteiger partial charge in [0.1, 0.15) is 24.3 Å². The fourth-order valence-electron chi connectivity index (χ4n) is 3.35. The van der Waals surface area contributed by atoms with E-state index in [1.807, 2.05) is 42.5 Å². The minimum Gasteiger partial charge on any atom is -0.489 e. The van der Waals surface area contributed by atoms with Crippen LogP contribution in [-0.4, -0.2) is 9.97 Å². The van der Waals surface area contributed by atoms with E-state index in [2.05, 4.69) is 61.1 Å². The number of allylic oxidation sites excluding steroid dienone is 1. The molecule has 0 aliphatic carbocycles. The summed E-state index contributed by atoms with van der Waals surface area (Å²) in [4.78, 5) is 7.86. The highest BCUT2D eigenvalue weighted by Crippen LogP contribution is 2.23. The maximum Gasteiger partial charge on any atom is 0.149 e. The number of fused-ring (bicyclic) bond motifs is 1. The summed E-state index contributed by atoms with van der Waals surface area (Å²) in [7, 11) is 0. The Morgan fingerprint density at radius 1 is 1.03 bits per heavy atom. The quantitative estimate of drug-likeness (QED) is 0.415. The molecule has 0 aliphatic rings. The van der Waals surface area contributed by atoms with Crippen LogP contribution in [0.3, 0.4) is 0 Å². The van der Waals surface area contributed by atoms with E-state index in [1.165, 1.54) is 16.7 Å². The van der Waals surface area contributed by atoms with E-state index in [4.69, 9.17) is 4.74 Å². The number of hydrogen-bond donors (Lipinski definition) is 1. The van der Waals surface area contributed by atoms with Crippen molar-refractivity contribution in [1.29, 1.82) is 5.26 Å². The Morgan fingerprint density at radius 2 is 1.80 bits per heavy atom. The van der Waals surface area contributed by atoms with Crippen molar-refractivity contribution in [2.45, 2.75) is 27.4 Å². The van der Waals surface area contributed by atoms with Crippen molar-refractivity contribution >= 4 is 22.7 Å². The van der Waals surface area contributed by atoms with Crippen LogP contribution in [0, 0.1) is 32.1 Å². The summed E-state index contributed by atoms with van der Waals surface area (Å²) in [5.41, 5.74) is 7.96. The van der Waals surface area contributed by atoms with Crippen LogP contribution in [0.1, 0.15) is 33.6 Å². The number of aromatic nitrogens is 2. The number of nitrogens with zero attached hydrogens (tertiary/aromatic N) is 2. The molecule has 4 heteroatoms. The summed E-state index contributed by atoms with van der Waals surface area (Å²) in [6.45, 7) is 6.73. The van der Waals surface area contributed by atoms with Crippen molar-refractivity contribution in [3.05, 3.63) is 94.3 Å². The number of aryl methyl sites for hydroxylation is 3. The average molecular weight is 393 g/mol. The largest absolute Gasteiger partial charge is 0.489 e. The number of nitriles is 1. The van der Waals surface area contributed by atoms with Crippen molar-refractivity contribution in [1.82, 2.24) is 9.97 Å². The molecule has 4 rings (SSSR count). The average Bonchev–Trinajstić information content (AvgIpc) is 3.14. The van der Waals surface area contributed by atoms with Gasteiger partial charge in [0.25, 0.3) is 0 Å². The van der Waals surface area contributed by atoms with Crippen LogP contribution in [0.4, 0.5) is 0 Å². The Labute approximate surface area is 176 Å². The second-order valence-corrected chi connectivity index (χ2v) is 7.56. The molecule has 148 valence electrons. The zero-order valence-electron chi connectivity index (χ0n) is 17.4. The SMILES string of the molecule is Cc1cccc(COc2ccc(C=C(C#N)c3nc4cc(C)c(C)cc4[nH]3)cc2)c1. The van der Waals surface area contributed by atoms with Gasteiger partial charge in [0.15, 0.2) is 0 Å². The van der Waals surface area contributed by atoms with Gasteiger partial charge >= 0.3 is 0 Å². The van der Waals surface area contributed by atoms with Gasteiger partial charge in [-0.05, 0) is 73.4 Å². The maximum absolute atomic E-state index is 9.66. The standard InChI is InChI=1S/C26H23N3O/c1-17-5-4-6-21(11-17)16-30-23-9-7-20(8-10-23)14-22(15-27)26-28-24-12-18(2)19(3)13-25(24)29-26/h4-14H,16H2,1-3H3,(H,28,29). The van der Waals surface area contributed by atoms with E-state index in [-0.39, 0.29) is 0 Å². The van der Waals surface area contributed by atoms with Gasteiger partial charge in [-0.1, -0.05) is 42.0 Å². The Bertz CT molecular complexity index is 1240. The van der Waals surface area contributed by atoms with E-state index in [0.717, 1.165) is 27.9 Å². The van der Waals surface area contributed by atoms with Crippen molar-refractivity contribution in [3.63, 3.8) is 0 Å². The molecule has 4 nitrogen and oxygen atoms in total. The van der Waals surface area contributed by atoms with Gasteiger partial charge in [-0.2, -0.15) is 5.26 Å². The predicted molar refractivity (Wildman–Crippen MR) is 121 cm³/mol. The first kappa shape index (κ1) is 19.5. The lowest BCUT2D eigenvalue weighted by Gasteiger charge is -2.07. The molecule has 0 fully saturated rings. The molecule has 0 radical (unpaired) electrons. The molecule has 0 saturated heterocycles. The van der Waals surface area contributed by atoms with Gasteiger partial charge in [0, 0.05) is 0 Å². The van der Waals surface area contributed by atoms with E-state index >= 15 is 0 Å². The van der Waals surface area contributed by atoms with Crippen molar-refractivity contribution in [2.24, 2.45) is 0 Å². The Morgan fingerprint density at radius 3 is 2.53 bits per heavy atom. The highest BCUT2D eigenvalue weighted by Gasteiger charge is 2.09. The van der Waals surface area contributed by atoms with Gasteiger partial charge in [0.05, 0.1) is 16.6 Å². The highest BCUT2D eigenvalue weighted by atomic mass is 16.5. The number of ether oxygens (including phenoxy) is 1. The molecule has 0 bridgehead atoms. The summed E-state index contributed by atoms with van der Waals surface area (Å²) in [6.07, 6.45) is 1.84. The molecule has 0 spiro atoms. The molecule has 0 unspecified atom stereocenters. The normalized spacial score (nSPS) is 11.5. The molecule has 3 aromatic carbocycles.